The number of benzene rings is 4. The molecule has 2 heterocycles. The van der Waals surface area contributed by atoms with Crippen molar-refractivity contribution in [1.29, 1.82) is 0 Å². The van der Waals surface area contributed by atoms with Gasteiger partial charge in [0, 0.05) is 23.5 Å². The lowest BCUT2D eigenvalue weighted by molar-refractivity contribution is 0.0985. The van der Waals surface area contributed by atoms with E-state index in [0.717, 1.165) is 26.2 Å². The maximum Gasteiger partial charge on any atom is 0.260 e. The van der Waals surface area contributed by atoms with Crippen molar-refractivity contribution in [3.8, 4) is 0 Å². The highest BCUT2D eigenvalue weighted by Crippen LogP contribution is 2.35. The molecule has 0 spiro atoms. The first kappa shape index (κ1) is 26.7. The minimum Gasteiger partial charge on any atom is -0.279 e. The van der Waals surface area contributed by atoms with Gasteiger partial charge in [-0.2, -0.15) is 4.31 Å². The van der Waals surface area contributed by atoms with Crippen LogP contribution >= 0.6 is 23.1 Å². The third-order valence-electron chi connectivity index (χ3n) is 7.08. The predicted molar refractivity (Wildman–Crippen MR) is 163 cm³/mol. The van der Waals surface area contributed by atoms with E-state index in [4.69, 9.17) is 4.98 Å². The summed E-state index contributed by atoms with van der Waals surface area (Å²) >= 11 is 3.10. The molecule has 6 rings (SSSR count). The molecule has 5 aromatic rings. The fourth-order valence-corrected chi connectivity index (χ4v) is 7.97. The van der Waals surface area contributed by atoms with Crippen molar-refractivity contribution < 1.29 is 13.2 Å². The number of para-hydroxylation sites is 1. The Morgan fingerprint density at radius 2 is 1.65 bits per heavy atom. The zero-order valence-corrected chi connectivity index (χ0v) is 24.3. The Hall–Kier alpha value is -3.50. The molecule has 0 saturated carbocycles. The molecule has 0 aliphatic carbocycles. The van der Waals surface area contributed by atoms with E-state index in [0.29, 0.717) is 36.8 Å². The van der Waals surface area contributed by atoms with E-state index in [1.807, 2.05) is 79.1 Å². The van der Waals surface area contributed by atoms with E-state index in [9.17, 15) is 13.2 Å². The van der Waals surface area contributed by atoms with Crippen molar-refractivity contribution in [1.82, 2.24) is 9.29 Å². The first-order valence-electron chi connectivity index (χ1n) is 12.9. The molecular weight excluding hydrogens is 559 g/mol. The van der Waals surface area contributed by atoms with Crippen LogP contribution in [0.3, 0.4) is 0 Å². The summed E-state index contributed by atoms with van der Waals surface area (Å²) in [4.78, 5) is 21.7. The smallest absolute Gasteiger partial charge is 0.260 e. The molecule has 0 fully saturated rings. The van der Waals surface area contributed by atoms with Crippen LogP contribution in [-0.2, 0) is 29.5 Å². The average Bonchev–Trinajstić information content (AvgIpc) is 3.44. The number of nitrogens with zero attached hydrogens (tertiary/aromatic N) is 3. The third kappa shape index (κ3) is 5.17. The van der Waals surface area contributed by atoms with Crippen LogP contribution in [0.2, 0.25) is 0 Å². The highest BCUT2D eigenvalue weighted by molar-refractivity contribution is 7.98. The number of carbonyl (C=O) groups is 1. The van der Waals surface area contributed by atoms with Gasteiger partial charge in [-0.25, -0.2) is 13.4 Å². The second-order valence-electron chi connectivity index (χ2n) is 9.56. The Morgan fingerprint density at radius 1 is 0.925 bits per heavy atom. The highest BCUT2D eigenvalue weighted by atomic mass is 32.2. The second kappa shape index (κ2) is 11.2. The van der Waals surface area contributed by atoms with Crippen LogP contribution in [-0.4, -0.2) is 36.4 Å². The Kier molecular flexibility index (Phi) is 7.46. The molecule has 0 atom stereocenters. The number of thiazole rings is 1. The van der Waals surface area contributed by atoms with Gasteiger partial charge < -0.3 is 0 Å². The van der Waals surface area contributed by atoms with Crippen LogP contribution in [0.1, 0.15) is 27.0 Å². The molecule has 0 N–H and O–H groups in total. The molecule has 0 unspecified atom stereocenters. The zero-order valence-electron chi connectivity index (χ0n) is 21.9. The Labute approximate surface area is 242 Å². The number of thioether (sulfide) groups is 1. The summed E-state index contributed by atoms with van der Waals surface area (Å²) in [5.74, 6) is -0.232. The largest absolute Gasteiger partial charge is 0.279 e. The Bertz CT molecular complexity index is 1790. The summed E-state index contributed by atoms with van der Waals surface area (Å²) in [7, 11) is -3.70. The Morgan fingerprint density at radius 3 is 2.40 bits per heavy atom. The van der Waals surface area contributed by atoms with Gasteiger partial charge >= 0.3 is 0 Å². The molecule has 202 valence electrons. The molecular formula is C31H27N3O3S3. The summed E-state index contributed by atoms with van der Waals surface area (Å²) in [6.45, 7) is 1.13. The topological polar surface area (TPSA) is 70.6 Å². The normalized spacial score (nSPS) is 13.7. The quantitative estimate of drug-likeness (QED) is 0.201. The number of anilines is 1. The monoisotopic (exact) mass is 585 g/mol. The minimum atomic E-state index is -3.70. The van der Waals surface area contributed by atoms with E-state index in [-0.39, 0.29) is 10.8 Å². The fraction of sp³-hybridized carbons (Fsp3) is 0.161. The van der Waals surface area contributed by atoms with E-state index in [2.05, 4.69) is 0 Å². The van der Waals surface area contributed by atoms with Gasteiger partial charge in [0.05, 0.1) is 21.7 Å². The van der Waals surface area contributed by atoms with Crippen molar-refractivity contribution >= 4 is 54.4 Å². The van der Waals surface area contributed by atoms with Crippen molar-refractivity contribution in [2.75, 3.05) is 17.7 Å². The zero-order chi connectivity index (χ0) is 27.7. The number of sulfonamides is 1. The molecule has 1 aromatic heterocycles. The number of hydrogen-bond donors (Lipinski definition) is 0. The molecule has 1 amide bonds. The van der Waals surface area contributed by atoms with Crippen molar-refractivity contribution in [2.24, 2.45) is 0 Å². The minimum absolute atomic E-state index is 0.183. The maximum atomic E-state index is 13.9. The van der Waals surface area contributed by atoms with Crippen LogP contribution in [0.25, 0.3) is 10.2 Å². The average molecular weight is 586 g/mol. The number of rotatable bonds is 7. The van der Waals surface area contributed by atoms with Gasteiger partial charge in [0.15, 0.2) is 5.13 Å². The van der Waals surface area contributed by atoms with Crippen molar-refractivity contribution in [3.63, 3.8) is 0 Å². The van der Waals surface area contributed by atoms with Crippen molar-refractivity contribution in [2.45, 2.75) is 29.3 Å². The summed E-state index contributed by atoms with van der Waals surface area (Å²) in [6, 6.07) is 30.1. The van der Waals surface area contributed by atoms with Gasteiger partial charge in [0.2, 0.25) is 10.0 Å². The molecule has 0 radical (unpaired) electrons. The van der Waals surface area contributed by atoms with Crippen LogP contribution < -0.4 is 4.90 Å². The lowest BCUT2D eigenvalue weighted by atomic mass is 10.0. The fourth-order valence-electron chi connectivity index (χ4n) is 4.93. The van der Waals surface area contributed by atoms with E-state index < -0.39 is 10.0 Å². The first-order chi connectivity index (χ1) is 19.4. The SMILES string of the molecule is CSc1cccc2sc(N(Cc3ccccc3)C(=O)c3ccc(S(=O)(=O)N4CCc5ccccc5C4)cc3)nc12. The summed E-state index contributed by atoms with van der Waals surface area (Å²) in [5, 5.41) is 0.606. The molecule has 6 nitrogen and oxygen atoms in total. The van der Waals surface area contributed by atoms with Crippen LogP contribution in [0.4, 0.5) is 5.13 Å². The van der Waals surface area contributed by atoms with Gasteiger partial charge in [0.25, 0.3) is 5.91 Å². The summed E-state index contributed by atoms with van der Waals surface area (Å²) in [6.07, 6.45) is 2.69. The number of hydrogen-bond acceptors (Lipinski definition) is 6. The third-order valence-corrected chi connectivity index (χ3v) is 10.8. The van der Waals surface area contributed by atoms with Gasteiger partial charge in [-0.05, 0) is 65.8 Å². The van der Waals surface area contributed by atoms with Crippen LogP contribution in [0.5, 0.6) is 0 Å². The number of carbonyl (C=O) groups excluding carboxylic acids is 1. The molecule has 1 aliphatic heterocycles. The maximum absolute atomic E-state index is 13.9. The molecule has 4 aromatic carbocycles. The number of fused-ring (bicyclic) bond motifs is 2. The molecule has 1 aliphatic rings. The van der Waals surface area contributed by atoms with Crippen molar-refractivity contribution in [3.05, 3.63) is 119 Å². The van der Waals surface area contributed by atoms with E-state index >= 15 is 0 Å². The first-order valence-corrected chi connectivity index (χ1v) is 16.4. The lowest BCUT2D eigenvalue weighted by Gasteiger charge is -2.28. The summed E-state index contributed by atoms with van der Waals surface area (Å²) in [5.41, 5.74) is 4.48. The summed E-state index contributed by atoms with van der Waals surface area (Å²) < 4.78 is 29.4. The van der Waals surface area contributed by atoms with E-state index in [1.165, 1.54) is 33.3 Å². The van der Waals surface area contributed by atoms with Gasteiger partial charge in [-0.15, -0.1) is 11.8 Å². The highest BCUT2D eigenvalue weighted by Gasteiger charge is 2.29. The molecule has 40 heavy (non-hydrogen) atoms. The molecule has 9 heteroatoms. The lowest BCUT2D eigenvalue weighted by Crippen LogP contribution is -2.36. The number of aromatic nitrogens is 1. The standard InChI is InChI=1S/C31H27N3O3S3/c1-38-27-12-7-13-28-29(27)32-31(39-28)34(20-22-8-3-2-4-9-22)30(35)24-14-16-26(17-15-24)40(36,37)33-19-18-23-10-5-6-11-25(23)21-33/h2-17H,18-21H2,1H3. The van der Waals surface area contributed by atoms with E-state index in [1.54, 1.807) is 28.8 Å². The van der Waals surface area contributed by atoms with Crippen LogP contribution in [0.15, 0.2) is 107 Å². The van der Waals surface area contributed by atoms with Gasteiger partial charge in [-0.1, -0.05) is 72.0 Å². The van der Waals surface area contributed by atoms with Gasteiger partial charge in [0.1, 0.15) is 0 Å². The second-order valence-corrected chi connectivity index (χ2v) is 13.4. The Balaban J connectivity index is 1.30. The molecule has 0 bridgehead atoms. The van der Waals surface area contributed by atoms with Crippen LogP contribution in [0, 0.1) is 0 Å². The molecule has 0 saturated heterocycles. The number of amides is 1. The predicted octanol–water partition coefficient (Wildman–Crippen LogP) is 6.61. The van der Waals surface area contributed by atoms with Gasteiger partial charge in [-0.3, -0.25) is 9.69 Å².